The van der Waals surface area contributed by atoms with Crippen molar-refractivity contribution in [2.45, 2.75) is 70.9 Å². The smallest absolute Gasteiger partial charge is 0.0611 e. The van der Waals surface area contributed by atoms with E-state index in [4.69, 9.17) is 0 Å². The fraction of sp³-hybridized carbons (Fsp3) is 1.00. The van der Waals surface area contributed by atoms with Gasteiger partial charge in [-0.2, -0.15) is 0 Å². The summed E-state index contributed by atoms with van der Waals surface area (Å²) in [7, 11) is 0. The highest BCUT2D eigenvalue weighted by Gasteiger charge is 2.34. The van der Waals surface area contributed by atoms with E-state index in [0.29, 0.717) is 6.04 Å². The summed E-state index contributed by atoms with van der Waals surface area (Å²) in [5.41, 5.74) is -0.124. The second-order valence-electron chi connectivity index (χ2n) is 7.54. The highest BCUT2D eigenvalue weighted by Crippen LogP contribution is 2.35. The minimum atomic E-state index is -0.124. The van der Waals surface area contributed by atoms with Gasteiger partial charge in [0.05, 0.1) is 6.61 Å². The first-order valence-corrected chi connectivity index (χ1v) is 8.66. The van der Waals surface area contributed by atoms with Gasteiger partial charge in [0.25, 0.3) is 0 Å². The highest BCUT2D eigenvalue weighted by atomic mass is 16.3. The summed E-state index contributed by atoms with van der Waals surface area (Å²) in [6.45, 7) is 10.5. The maximum Gasteiger partial charge on any atom is 0.0611 e. The standard InChI is InChI=1S/C17H34N2O/c1-4-9-18-17(3,13-20)10-14(2)19(11-15-5-6-15)12-16-7-8-16/h14-16,18,20H,4-13H2,1-3H3. The lowest BCUT2D eigenvalue weighted by atomic mass is 9.93. The van der Waals surface area contributed by atoms with Gasteiger partial charge in [0.2, 0.25) is 0 Å². The molecule has 0 aromatic rings. The number of aliphatic hydroxyl groups excluding tert-OH is 1. The van der Waals surface area contributed by atoms with E-state index in [1.807, 2.05) is 0 Å². The van der Waals surface area contributed by atoms with Crippen LogP contribution in [0.2, 0.25) is 0 Å². The molecule has 0 aliphatic heterocycles. The number of rotatable bonds is 11. The van der Waals surface area contributed by atoms with Crippen LogP contribution in [0.25, 0.3) is 0 Å². The van der Waals surface area contributed by atoms with Crippen LogP contribution in [0.3, 0.4) is 0 Å². The lowest BCUT2D eigenvalue weighted by molar-refractivity contribution is 0.109. The van der Waals surface area contributed by atoms with Crippen LogP contribution in [0.15, 0.2) is 0 Å². The van der Waals surface area contributed by atoms with E-state index < -0.39 is 0 Å². The minimum absolute atomic E-state index is 0.124. The molecular formula is C17H34N2O. The number of nitrogens with one attached hydrogen (secondary N) is 1. The molecule has 3 nitrogen and oxygen atoms in total. The molecule has 2 rings (SSSR count). The summed E-state index contributed by atoms with van der Waals surface area (Å²) in [4.78, 5) is 2.71. The van der Waals surface area contributed by atoms with Gasteiger partial charge in [-0.05, 0) is 70.8 Å². The average Bonchev–Trinajstić information content (AvgIpc) is 3.30. The molecule has 0 heterocycles. The molecule has 0 saturated heterocycles. The Kier molecular flexibility index (Phi) is 5.88. The van der Waals surface area contributed by atoms with Crippen molar-refractivity contribution in [3.63, 3.8) is 0 Å². The SMILES string of the molecule is CCCNC(C)(CO)CC(C)N(CC1CC1)CC1CC1. The van der Waals surface area contributed by atoms with Crippen molar-refractivity contribution >= 4 is 0 Å². The lowest BCUT2D eigenvalue weighted by Crippen LogP contribution is -2.51. The molecule has 2 N–H and O–H groups in total. The molecule has 0 amide bonds. The Bertz CT molecular complexity index is 275. The molecule has 0 bridgehead atoms. The first-order chi connectivity index (χ1) is 9.56. The third-order valence-corrected chi connectivity index (χ3v) is 4.90. The number of hydrogen-bond donors (Lipinski definition) is 2. The van der Waals surface area contributed by atoms with E-state index in [2.05, 4.69) is 31.0 Å². The maximum absolute atomic E-state index is 9.75. The molecule has 0 aromatic carbocycles. The van der Waals surface area contributed by atoms with Gasteiger partial charge in [-0.3, -0.25) is 0 Å². The van der Waals surface area contributed by atoms with Gasteiger partial charge in [0.15, 0.2) is 0 Å². The molecule has 0 radical (unpaired) electrons. The van der Waals surface area contributed by atoms with Crippen molar-refractivity contribution < 1.29 is 5.11 Å². The van der Waals surface area contributed by atoms with E-state index in [-0.39, 0.29) is 12.1 Å². The molecule has 2 aliphatic rings. The van der Waals surface area contributed by atoms with Crippen LogP contribution in [-0.4, -0.2) is 47.8 Å². The molecule has 2 aliphatic carbocycles. The fourth-order valence-corrected chi connectivity index (χ4v) is 3.10. The number of nitrogens with zero attached hydrogens (tertiary/aromatic N) is 1. The van der Waals surface area contributed by atoms with Crippen LogP contribution in [0.1, 0.15) is 59.3 Å². The fourth-order valence-electron chi connectivity index (χ4n) is 3.10. The predicted octanol–water partition coefficient (Wildman–Crippen LogP) is 2.64. The lowest BCUT2D eigenvalue weighted by Gasteiger charge is -2.37. The van der Waals surface area contributed by atoms with Gasteiger partial charge in [0.1, 0.15) is 0 Å². The summed E-state index contributed by atoms with van der Waals surface area (Å²) >= 11 is 0. The quantitative estimate of drug-likeness (QED) is 0.611. The molecule has 118 valence electrons. The third kappa shape index (κ3) is 5.34. The zero-order chi connectivity index (χ0) is 14.6. The van der Waals surface area contributed by atoms with Gasteiger partial charge in [0, 0.05) is 24.7 Å². The van der Waals surface area contributed by atoms with Crippen molar-refractivity contribution in [2.24, 2.45) is 11.8 Å². The molecule has 0 spiro atoms. The number of aliphatic hydroxyl groups is 1. The Labute approximate surface area is 125 Å². The summed E-state index contributed by atoms with van der Waals surface area (Å²) < 4.78 is 0. The topological polar surface area (TPSA) is 35.5 Å². The van der Waals surface area contributed by atoms with Crippen LogP contribution in [-0.2, 0) is 0 Å². The Morgan fingerprint density at radius 1 is 1.20 bits per heavy atom. The highest BCUT2D eigenvalue weighted by molar-refractivity contribution is 4.90. The monoisotopic (exact) mass is 282 g/mol. The van der Waals surface area contributed by atoms with Crippen molar-refractivity contribution in [3.8, 4) is 0 Å². The van der Waals surface area contributed by atoms with E-state index in [1.54, 1.807) is 0 Å². The van der Waals surface area contributed by atoms with E-state index in [0.717, 1.165) is 31.2 Å². The molecule has 2 atom stereocenters. The first-order valence-electron chi connectivity index (χ1n) is 8.66. The third-order valence-electron chi connectivity index (χ3n) is 4.90. The Morgan fingerprint density at radius 3 is 2.15 bits per heavy atom. The maximum atomic E-state index is 9.75. The Morgan fingerprint density at radius 2 is 1.75 bits per heavy atom. The second-order valence-corrected chi connectivity index (χ2v) is 7.54. The summed E-state index contributed by atoms with van der Waals surface area (Å²) in [5, 5.41) is 13.3. The zero-order valence-corrected chi connectivity index (χ0v) is 13.7. The minimum Gasteiger partial charge on any atom is -0.394 e. The van der Waals surface area contributed by atoms with Gasteiger partial charge in [-0.1, -0.05) is 6.92 Å². The average molecular weight is 282 g/mol. The van der Waals surface area contributed by atoms with Crippen molar-refractivity contribution in [2.75, 3.05) is 26.2 Å². The van der Waals surface area contributed by atoms with Crippen molar-refractivity contribution in [3.05, 3.63) is 0 Å². The van der Waals surface area contributed by atoms with Gasteiger partial charge < -0.3 is 15.3 Å². The molecule has 0 aromatic heterocycles. The van der Waals surface area contributed by atoms with Crippen LogP contribution in [0.5, 0.6) is 0 Å². The molecular weight excluding hydrogens is 248 g/mol. The number of hydrogen-bond acceptors (Lipinski definition) is 3. The summed E-state index contributed by atoms with van der Waals surface area (Å²) in [5.74, 6) is 1.92. The predicted molar refractivity (Wildman–Crippen MR) is 84.9 cm³/mol. The normalized spacial score (nSPS) is 23.9. The van der Waals surface area contributed by atoms with E-state index in [1.165, 1.54) is 38.8 Å². The van der Waals surface area contributed by atoms with Crippen molar-refractivity contribution in [1.82, 2.24) is 10.2 Å². The van der Waals surface area contributed by atoms with Gasteiger partial charge >= 0.3 is 0 Å². The van der Waals surface area contributed by atoms with Crippen molar-refractivity contribution in [1.29, 1.82) is 0 Å². The van der Waals surface area contributed by atoms with Crippen LogP contribution < -0.4 is 5.32 Å². The van der Waals surface area contributed by atoms with Crippen LogP contribution >= 0.6 is 0 Å². The van der Waals surface area contributed by atoms with E-state index in [9.17, 15) is 5.11 Å². The summed E-state index contributed by atoms with van der Waals surface area (Å²) in [6.07, 6.45) is 7.89. The largest absolute Gasteiger partial charge is 0.394 e. The van der Waals surface area contributed by atoms with Crippen LogP contribution in [0.4, 0.5) is 0 Å². The molecule has 3 heteroatoms. The zero-order valence-electron chi connectivity index (χ0n) is 13.7. The second kappa shape index (κ2) is 7.24. The molecule has 2 fully saturated rings. The Balaban J connectivity index is 1.85. The molecule has 2 saturated carbocycles. The molecule has 20 heavy (non-hydrogen) atoms. The van der Waals surface area contributed by atoms with Gasteiger partial charge in [-0.25, -0.2) is 0 Å². The van der Waals surface area contributed by atoms with E-state index >= 15 is 0 Å². The molecule has 2 unspecified atom stereocenters. The van der Waals surface area contributed by atoms with Gasteiger partial charge in [-0.15, -0.1) is 0 Å². The first kappa shape index (κ1) is 16.3. The summed E-state index contributed by atoms with van der Waals surface area (Å²) in [6, 6.07) is 0.567. The Hall–Kier alpha value is -0.120. The van der Waals surface area contributed by atoms with Crippen LogP contribution in [0, 0.1) is 11.8 Å².